The highest BCUT2D eigenvalue weighted by molar-refractivity contribution is 7.47. The van der Waals surface area contributed by atoms with Crippen LogP contribution in [0.25, 0.3) is 0 Å². The molecule has 0 aliphatic rings. The molecule has 0 aromatic carbocycles. The Balaban J connectivity index is 5.27. The van der Waals surface area contributed by atoms with Crippen LogP contribution in [-0.2, 0) is 65.4 Å². The van der Waals surface area contributed by atoms with Crippen molar-refractivity contribution in [3.8, 4) is 0 Å². The smallest absolute Gasteiger partial charge is 0.462 e. The number of rotatable bonds is 80. The first-order valence-corrected chi connectivity index (χ1v) is 45.7. The number of hydrogen-bond donors (Lipinski definition) is 3. The van der Waals surface area contributed by atoms with E-state index in [0.717, 1.165) is 127 Å². The molecule has 6 atom stereocenters. The minimum atomic E-state index is -4.97. The summed E-state index contributed by atoms with van der Waals surface area (Å²) >= 11 is 0. The molecule has 0 radical (unpaired) electrons. The molecule has 0 saturated carbocycles. The summed E-state index contributed by atoms with van der Waals surface area (Å²) < 4.78 is 68.8. The van der Waals surface area contributed by atoms with Crippen molar-refractivity contribution in [1.29, 1.82) is 0 Å². The molecule has 0 aromatic heterocycles. The zero-order valence-electron chi connectivity index (χ0n) is 67.3. The Kier molecular flexibility index (Phi) is 71.9. The number of phosphoric ester groups is 2. The molecule has 0 spiro atoms. The third-order valence-electron chi connectivity index (χ3n) is 19.4. The van der Waals surface area contributed by atoms with Crippen LogP contribution in [0.15, 0.2) is 24.3 Å². The number of ether oxygens (including phenoxy) is 4. The van der Waals surface area contributed by atoms with Gasteiger partial charge in [0.1, 0.15) is 19.3 Å². The molecular formula is C84H160O17P2. The van der Waals surface area contributed by atoms with Crippen molar-refractivity contribution in [1.82, 2.24) is 0 Å². The average molecular weight is 1500 g/mol. The summed E-state index contributed by atoms with van der Waals surface area (Å²) in [4.78, 5) is 73.1. The van der Waals surface area contributed by atoms with E-state index in [2.05, 4.69) is 72.8 Å². The maximum atomic E-state index is 13.1. The number of allylic oxidation sites excluding steroid dienone is 4. The van der Waals surface area contributed by atoms with E-state index >= 15 is 0 Å². The van der Waals surface area contributed by atoms with Crippen LogP contribution in [0.3, 0.4) is 0 Å². The fourth-order valence-electron chi connectivity index (χ4n) is 12.4. The van der Waals surface area contributed by atoms with E-state index in [1.54, 1.807) is 0 Å². The SMILES string of the molecule is CCCCCC/C=C\C=C/CCCCCCCC(=O)OC[C@H](COP(=O)(O)OC[C@@H](O)COP(=O)(O)OC[C@@H](COC(=O)CCCCCCCCCCCC(C)C)OC(=O)CCCCCCCCCCCCCC(C)C)OC(=O)CCCCCCCCCCCCCCCCCCCCC(C)CC. The Hall–Kier alpha value is -2.46. The predicted molar refractivity (Wildman–Crippen MR) is 423 cm³/mol. The second kappa shape index (κ2) is 73.7. The monoisotopic (exact) mass is 1500 g/mol. The number of carbonyl (C=O) groups excluding carboxylic acids is 4. The second-order valence-electron chi connectivity index (χ2n) is 30.7. The van der Waals surface area contributed by atoms with Gasteiger partial charge in [0.15, 0.2) is 12.2 Å². The molecule has 0 amide bonds. The molecular weight excluding hydrogens is 1340 g/mol. The first-order chi connectivity index (χ1) is 49.8. The standard InChI is InChI=1S/C84H160O17P2/c1-8-10-11-12-13-14-15-16-21-25-30-37-44-51-58-65-81(86)94-71-79(100-83(88)67-60-53-46-38-31-26-23-20-18-17-19-22-24-29-36-43-50-57-64-77(7)9-2)73-98-102(90,91)96-69-78(85)70-97-103(92,93)99-74-80(72-95-82(87)66-59-52-45-40-33-35-42-49-56-63-76(5)6)101-84(89)68-61-54-47-39-32-27-28-34-41-48-55-62-75(3)4/h14-16,21,75-80,85H,8-13,17-20,22-74H2,1-7H3,(H,90,91)(H,92,93)/b15-14-,21-16-/t77?,78-,79-,80-/m1/s1. The van der Waals surface area contributed by atoms with Gasteiger partial charge in [-0.15, -0.1) is 0 Å². The molecule has 0 aliphatic heterocycles. The van der Waals surface area contributed by atoms with E-state index in [4.69, 9.17) is 37.0 Å². The Morgan fingerprint density at radius 1 is 0.320 bits per heavy atom. The molecule has 17 nitrogen and oxygen atoms in total. The van der Waals surface area contributed by atoms with Crippen molar-refractivity contribution in [2.75, 3.05) is 39.6 Å². The zero-order chi connectivity index (χ0) is 75.8. The van der Waals surface area contributed by atoms with E-state index in [0.29, 0.717) is 25.7 Å². The van der Waals surface area contributed by atoms with Crippen LogP contribution in [0.2, 0.25) is 0 Å². The van der Waals surface area contributed by atoms with Crippen LogP contribution in [-0.4, -0.2) is 96.7 Å². The fourth-order valence-corrected chi connectivity index (χ4v) is 14.0. The predicted octanol–water partition coefficient (Wildman–Crippen LogP) is 24.9. The third kappa shape index (κ3) is 76.1. The summed E-state index contributed by atoms with van der Waals surface area (Å²) in [6.45, 7) is 11.9. The van der Waals surface area contributed by atoms with Gasteiger partial charge >= 0.3 is 39.5 Å². The Morgan fingerprint density at radius 3 is 0.864 bits per heavy atom. The van der Waals surface area contributed by atoms with E-state index in [9.17, 15) is 43.2 Å². The first kappa shape index (κ1) is 101. The Bertz CT molecular complexity index is 2090. The maximum Gasteiger partial charge on any atom is 0.472 e. The van der Waals surface area contributed by atoms with Gasteiger partial charge in [0.2, 0.25) is 0 Å². The molecule has 0 heterocycles. The van der Waals surface area contributed by atoms with Crippen molar-refractivity contribution >= 4 is 39.5 Å². The quantitative estimate of drug-likeness (QED) is 0.0169. The number of aliphatic hydroxyl groups is 1. The lowest BCUT2D eigenvalue weighted by Gasteiger charge is -2.21. The molecule has 0 fully saturated rings. The number of carbonyl (C=O) groups is 4. The van der Waals surface area contributed by atoms with Crippen molar-refractivity contribution in [3.05, 3.63) is 24.3 Å². The van der Waals surface area contributed by atoms with Gasteiger partial charge in [-0.05, 0) is 69.1 Å². The maximum absolute atomic E-state index is 13.1. The van der Waals surface area contributed by atoms with Crippen LogP contribution in [0.5, 0.6) is 0 Å². The van der Waals surface area contributed by atoms with E-state index in [-0.39, 0.29) is 25.7 Å². The lowest BCUT2D eigenvalue weighted by Crippen LogP contribution is -2.30. The van der Waals surface area contributed by atoms with Gasteiger partial charge in [-0.3, -0.25) is 37.3 Å². The van der Waals surface area contributed by atoms with Crippen molar-refractivity contribution < 1.29 is 80.2 Å². The van der Waals surface area contributed by atoms with Gasteiger partial charge in [-0.2, -0.15) is 0 Å². The Morgan fingerprint density at radius 2 is 0.573 bits per heavy atom. The molecule has 0 bridgehead atoms. The normalized spacial score (nSPS) is 14.3. The molecule has 0 rings (SSSR count). The van der Waals surface area contributed by atoms with E-state index in [1.165, 1.54) is 205 Å². The minimum absolute atomic E-state index is 0.101. The lowest BCUT2D eigenvalue weighted by molar-refractivity contribution is -0.161. The molecule has 0 saturated heterocycles. The molecule has 19 heteroatoms. The third-order valence-corrected chi connectivity index (χ3v) is 21.3. The Labute approximate surface area is 631 Å². The highest BCUT2D eigenvalue weighted by atomic mass is 31.2. The van der Waals surface area contributed by atoms with Gasteiger partial charge < -0.3 is 33.8 Å². The van der Waals surface area contributed by atoms with Crippen LogP contribution in [0.1, 0.15) is 414 Å². The topological polar surface area (TPSA) is 237 Å². The molecule has 608 valence electrons. The zero-order valence-corrected chi connectivity index (χ0v) is 69.1. The molecule has 0 aromatic rings. The van der Waals surface area contributed by atoms with Crippen molar-refractivity contribution in [3.63, 3.8) is 0 Å². The van der Waals surface area contributed by atoms with Gasteiger partial charge in [-0.1, -0.05) is 362 Å². The summed E-state index contributed by atoms with van der Waals surface area (Å²) in [5.41, 5.74) is 0. The van der Waals surface area contributed by atoms with Gasteiger partial charge in [0.05, 0.1) is 26.4 Å². The summed E-state index contributed by atoms with van der Waals surface area (Å²) in [5.74, 6) is 0.237. The van der Waals surface area contributed by atoms with Gasteiger partial charge in [0, 0.05) is 25.7 Å². The largest absolute Gasteiger partial charge is 0.472 e. The summed E-state index contributed by atoms with van der Waals surface area (Å²) in [7, 11) is -9.94. The molecule has 3 N–H and O–H groups in total. The second-order valence-corrected chi connectivity index (χ2v) is 33.6. The molecule has 0 aliphatic carbocycles. The van der Waals surface area contributed by atoms with Crippen LogP contribution < -0.4 is 0 Å². The highest BCUT2D eigenvalue weighted by Gasteiger charge is 2.30. The van der Waals surface area contributed by atoms with Crippen LogP contribution in [0.4, 0.5) is 0 Å². The minimum Gasteiger partial charge on any atom is -0.462 e. The van der Waals surface area contributed by atoms with Gasteiger partial charge in [0.25, 0.3) is 0 Å². The number of phosphoric acid groups is 2. The average Bonchev–Trinajstić information content (AvgIpc) is 0.917. The summed E-state index contributed by atoms with van der Waals surface area (Å²) in [6, 6.07) is 0. The van der Waals surface area contributed by atoms with Crippen molar-refractivity contribution in [2.45, 2.75) is 433 Å². The molecule has 103 heavy (non-hydrogen) atoms. The van der Waals surface area contributed by atoms with E-state index < -0.39 is 97.5 Å². The molecule has 3 unspecified atom stereocenters. The van der Waals surface area contributed by atoms with E-state index in [1.807, 2.05) is 0 Å². The number of hydrogen-bond acceptors (Lipinski definition) is 15. The van der Waals surface area contributed by atoms with Gasteiger partial charge in [-0.25, -0.2) is 9.13 Å². The number of esters is 4. The number of aliphatic hydroxyl groups excluding tert-OH is 1. The number of unbranched alkanes of at least 4 members (excludes halogenated alkanes) is 44. The first-order valence-electron chi connectivity index (χ1n) is 42.7. The highest BCUT2D eigenvalue weighted by Crippen LogP contribution is 2.45. The van der Waals surface area contributed by atoms with Crippen molar-refractivity contribution in [2.24, 2.45) is 17.8 Å². The summed E-state index contributed by atoms with van der Waals surface area (Å²) in [6.07, 6.45) is 66.0. The summed E-state index contributed by atoms with van der Waals surface area (Å²) in [5, 5.41) is 10.7. The fraction of sp³-hybridized carbons (Fsp3) is 0.905. The lowest BCUT2D eigenvalue weighted by atomic mass is 9.99. The van der Waals surface area contributed by atoms with Crippen LogP contribution in [0, 0.1) is 17.8 Å². The van der Waals surface area contributed by atoms with Crippen LogP contribution >= 0.6 is 15.6 Å².